The number of amides is 1. The van der Waals surface area contributed by atoms with Crippen LogP contribution in [0, 0.1) is 24.7 Å². The van der Waals surface area contributed by atoms with Crippen molar-refractivity contribution in [2.45, 2.75) is 50.9 Å². The molecule has 0 N–H and O–H groups in total. The summed E-state index contributed by atoms with van der Waals surface area (Å²) in [5, 5.41) is 0. The fourth-order valence-electron chi connectivity index (χ4n) is 6.13. The summed E-state index contributed by atoms with van der Waals surface area (Å²) in [5.74, 6) is -0.589. The summed E-state index contributed by atoms with van der Waals surface area (Å²) in [6, 6.07) is 9.08. The standard InChI is InChI=1S/C29H31F6NO4/c1-16-5-3-4-6-23(16)25-24-13-36(26(37)18-7-8-38-14-18)12-20(24)15-39-27(25)40-17(2)19-9-21(28(30,31)32)11-22(10-19)29(33,34)35/h3-6,9-11,17-18,20,24-25,27H,7-8,12-15H2,1-2H3/t17-,18?,20+,24-,25+,27-/m1/s1. The Labute approximate surface area is 228 Å². The molecule has 3 saturated heterocycles. The maximum absolute atomic E-state index is 13.5. The Bertz CT molecular complexity index is 1190. The fraction of sp³-hybridized carbons (Fsp3) is 0.552. The van der Waals surface area contributed by atoms with Crippen molar-refractivity contribution in [3.8, 4) is 0 Å². The number of ether oxygens (including phenoxy) is 3. The molecule has 3 heterocycles. The highest BCUT2D eigenvalue weighted by Gasteiger charge is 2.49. The van der Waals surface area contributed by atoms with Crippen molar-refractivity contribution in [3.63, 3.8) is 0 Å². The lowest BCUT2D eigenvalue weighted by Crippen LogP contribution is -2.42. The van der Waals surface area contributed by atoms with E-state index in [-0.39, 0.29) is 47.8 Å². The van der Waals surface area contributed by atoms with Gasteiger partial charge in [0.25, 0.3) is 0 Å². The van der Waals surface area contributed by atoms with Crippen molar-refractivity contribution in [3.05, 3.63) is 70.3 Å². The lowest BCUT2D eigenvalue weighted by molar-refractivity contribution is -0.217. The quantitative estimate of drug-likeness (QED) is 0.392. The molecule has 218 valence electrons. The van der Waals surface area contributed by atoms with Crippen LogP contribution < -0.4 is 0 Å². The van der Waals surface area contributed by atoms with Crippen LogP contribution >= 0.6 is 0 Å². The third kappa shape index (κ3) is 5.87. The first-order valence-electron chi connectivity index (χ1n) is 13.3. The number of aryl methyl sites for hydroxylation is 1. The Morgan fingerprint density at radius 1 is 1.00 bits per heavy atom. The van der Waals surface area contributed by atoms with E-state index < -0.39 is 35.9 Å². The second-order valence-electron chi connectivity index (χ2n) is 10.9. The normalized spacial score (nSPS) is 28.0. The minimum atomic E-state index is -4.96. The maximum Gasteiger partial charge on any atom is 0.416 e. The topological polar surface area (TPSA) is 48.0 Å². The number of fused-ring (bicyclic) bond motifs is 1. The summed E-state index contributed by atoms with van der Waals surface area (Å²) in [5.41, 5.74) is -1.18. The number of carbonyl (C=O) groups excluding carboxylic acids is 1. The Balaban J connectivity index is 1.44. The van der Waals surface area contributed by atoms with E-state index in [0.717, 1.165) is 11.1 Å². The molecule has 5 rings (SSSR count). The summed E-state index contributed by atoms with van der Waals surface area (Å²) in [4.78, 5) is 15.0. The van der Waals surface area contributed by atoms with E-state index in [1.165, 1.54) is 6.92 Å². The molecule has 5 nitrogen and oxygen atoms in total. The third-order valence-corrected chi connectivity index (χ3v) is 8.28. The van der Waals surface area contributed by atoms with Gasteiger partial charge in [-0.05, 0) is 61.1 Å². The third-order valence-electron chi connectivity index (χ3n) is 8.28. The zero-order chi connectivity index (χ0) is 28.8. The molecule has 0 aliphatic carbocycles. The highest BCUT2D eigenvalue weighted by Crippen LogP contribution is 2.46. The van der Waals surface area contributed by atoms with E-state index >= 15 is 0 Å². The molecule has 3 aliphatic rings. The number of hydrogen-bond donors (Lipinski definition) is 0. The molecule has 0 saturated carbocycles. The second kappa shape index (κ2) is 11.0. The molecular weight excluding hydrogens is 540 g/mol. The van der Waals surface area contributed by atoms with Gasteiger partial charge in [0.15, 0.2) is 6.29 Å². The van der Waals surface area contributed by atoms with Crippen molar-refractivity contribution in [1.82, 2.24) is 4.90 Å². The van der Waals surface area contributed by atoms with E-state index in [4.69, 9.17) is 14.2 Å². The molecule has 0 bridgehead atoms. The van der Waals surface area contributed by atoms with Crippen molar-refractivity contribution < 1.29 is 45.3 Å². The van der Waals surface area contributed by atoms with Crippen LogP contribution in [0.3, 0.4) is 0 Å². The van der Waals surface area contributed by atoms with Crippen LogP contribution in [0.2, 0.25) is 0 Å². The number of nitrogens with zero attached hydrogens (tertiary/aromatic N) is 1. The van der Waals surface area contributed by atoms with E-state index in [1.54, 1.807) is 0 Å². The molecule has 40 heavy (non-hydrogen) atoms. The minimum Gasteiger partial charge on any atom is -0.381 e. The predicted molar refractivity (Wildman–Crippen MR) is 132 cm³/mol. The molecular formula is C29H31F6NO4. The Morgan fingerprint density at radius 3 is 2.27 bits per heavy atom. The highest BCUT2D eigenvalue weighted by molar-refractivity contribution is 5.79. The summed E-state index contributed by atoms with van der Waals surface area (Å²) in [7, 11) is 0. The molecule has 1 unspecified atom stereocenters. The van der Waals surface area contributed by atoms with Crippen molar-refractivity contribution in [1.29, 1.82) is 0 Å². The molecule has 0 spiro atoms. The summed E-state index contributed by atoms with van der Waals surface area (Å²) in [6.45, 7) is 5.51. The zero-order valence-corrected chi connectivity index (χ0v) is 22.1. The fourth-order valence-corrected chi connectivity index (χ4v) is 6.13. The number of benzene rings is 2. The monoisotopic (exact) mass is 571 g/mol. The van der Waals surface area contributed by atoms with E-state index in [9.17, 15) is 31.1 Å². The molecule has 0 aromatic heterocycles. The first kappa shape index (κ1) is 28.9. The second-order valence-corrected chi connectivity index (χ2v) is 10.9. The number of carbonyl (C=O) groups is 1. The molecule has 3 fully saturated rings. The molecule has 6 atom stereocenters. The molecule has 11 heteroatoms. The number of likely N-dealkylation sites (tertiary alicyclic amines) is 1. The van der Waals surface area contributed by atoms with Gasteiger partial charge >= 0.3 is 12.4 Å². The first-order valence-corrected chi connectivity index (χ1v) is 13.3. The Kier molecular flexibility index (Phi) is 7.93. The number of alkyl halides is 6. The average molecular weight is 572 g/mol. The molecule has 3 aliphatic heterocycles. The van der Waals surface area contributed by atoms with Crippen LogP contribution in [0.15, 0.2) is 42.5 Å². The molecule has 0 radical (unpaired) electrons. The first-order chi connectivity index (χ1) is 18.8. The minimum absolute atomic E-state index is 0.0106. The van der Waals surface area contributed by atoms with Gasteiger partial charge in [0.2, 0.25) is 5.91 Å². The largest absolute Gasteiger partial charge is 0.416 e. The Hall–Kier alpha value is -2.63. The smallest absolute Gasteiger partial charge is 0.381 e. The van der Waals surface area contributed by atoms with Crippen LogP contribution in [-0.2, 0) is 31.4 Å². The van der Waals surface area contributed by atoms with Crippen LogP contribution in [0.5, 0.6) is 0 Å². The molecule has 1 amide bonds. The van der Waals surface area contributed by atoms with Gasteiger partial charge < -0.3 is 19.1 Å². The molecule has 2 aromatic rings. The number of rotatable bonds is 5. The molecule has 2 aromatic carbocycles. The zero-order valence-electron chi connectivity index (χ0n) is 22.1. The van der Waals surface area contributed by atoms with Gasteiger partial charge in [-0.3, -0.25) is 4.79 Å². The van der Waals surface area contributed by atoms with Crippen molar-refractivity contribution in [2.75, 3.05) is 32.9 Å². The van der Waals surface area contributed by atoms with E-state index in [2.05, 4.69) is 0 Å². The predicted octanol–water partition coefficient (Wildman–Crippen LogP) is 6.36. The van der Waals surface area contributed by atoms with Crippen molar-refractivity contribution >= 4 is 5.91 Å². The maximum atomic E-state index is 13.5. The van der Waals surface area contributed by atoms with Crippen LogP contribution in [0.1, 0.15) is 53.2 Å². The number of hydrogen-bond acceptors (Lipinski definition) is 4. The van der Waals surface area contributed by atoms with Crippen molar-refractivity contribution in [2.24, 2.45) is 17.8 Å². The number of halogens is 6. The van der Waals surface area contributed by atoms with Gasteiger partial charge in [-0.2, -0.15) is 26.3 Å². The lowest BCUT2D eigenvalue weighted by Gasteiger charge is -2.41. The summed E-state index contributed by atoms with van der Waals surface area (Å²) >= 11 is 0. The highest BCUT2D eigenvalue weighted by atomic mass is 19.4. The van der Waals surface area contributed by atoms with Gasteiger partial charge in [-0.1, -0.05) is 24.3 Å². The van der Waals surface area contributed by atoms with E-state index in [1.807, 2.05) is 36.1 Å². The SMILES string of the molecule is Cc1ccccc1[C@@H]1[C@@H](O[C@H](C)c2cc(C(F)(F)F)cc(C(F)(F)F)c2)OC[C@@H]2CN(C(=O)C3CCOC3)C[C@H]21. The van der Waals surface area contributed by atoms with Gasteiger partial charge in [0.1, 0.15) is 0 Å². The lowest BCUT2D eigenvalue weighted by atomic mass is 9.76. The van der Waals surface area contributed by atoms with Gasteiger partial charge in [-0.15, -0.1) is 0 Å². The van der Waals surface area contributed by atoms with E-state index in [0.29, 0.717) is 44.9 Å². The summed E-state index contributed by atoms with van der Waals surface area (Å²) in [6.07, 6.45) is -11.3. The van der Waals surface area contributed by atoms with Crippen LogP contribution in [0.4, 0.5) is 26.3 Å². The van der Waals surface area contributed by atoms with Gasteiger partial charge in [0.05, 0.1) is 36.4 Å². The van der Waals surface area contributed by atoms with Crippen LogP contribution in [0.25, 0.3) is 0 Å². The van der Waals surface area contributed by atoms with Gasteiger partial charge in [-0.25, -0.2) is 0 Å². The van der Waals surface area contributed by atoms with Crippen LogP contribution in [-0.4, -0.2) is 50.0 Å². The average Bonchev–Trinajstić information content (AvgIpc) is 3.58. The Morgan fingerprint density at radius 2 is 1.68 bits per heavy atom. The summed E-state index contributed by atoms with van der Waals surface area (Å²) < 4.78 is 98.5. The van der Waals surface area contributed by atoms with Gasteiger partial charge in [0, 0.05) is 31.5 Å².